The van der Waals surface area contributed by atoms with E-state index < -0.39 is 5.97 Å². The molecule has 0 saturated carbocycles. The van der Waals surface area contributed by atoms with Crippen LogP contribution in [0.3, 0.4) is 0 Å². The summed E-state index contributed by atoms with van der Waals surface area (Å²) in [5, 5.41) is 10.2. The lowest BCUT2D eigenvalue weighted by Gasteiger charge is -1.96. The molecule has 0 aliphatic rings. The first-order valence-electron chi connectivity index (χ1n) is 4.58. The van der Waals surface area contributed by atoms with Gasteiger partial charge < -0.3 is 14.3 Å². The van der Waals surface area contributed by atoms with Crippen molar-refractivity contribution >= 4 is 28.7 Å². The zero-order valence-corrected chi connectivity index (χ0v) is 9.11. The minimum absolute atomic E-state index is 0.105. The lowest BCUT2D eigenvalue weighted by atomic mass is 10.3. The fourth-order valence-corrected chi connectivity index (χ4v) is 1.42. The van der Waals surface area contributed by atoms with Crippen LogP contribution in [-0.2, 0) is 4.74 Å². The zero-order chi connectivity index (χ0) is 11.7. The van der Waals surface area contributed by atoms with Crippen LogP contribution in [0.1, 0.15) is 17.5 Å². The predicted molar refractivity (Wildman–Crippen MR) is 56.6 cm³/mol. The maximum atomic E-state index is 11.4. The quantitative estimate of drug-likeness (QED) is 0.645. The van der Waals surface area contributed by atoms with E-state index in [1.807, 2.05) is 0 Å². The molecule has 0 aliphatic carbocycles. The number of hydrogen-bond donors (Lipinski definition) is 1. The average Bonchev–Trinajstić information content (AvgIpc) is 2.56. The first-order valence-corrected chi connectivity index (χ1v) is 4.96. The summed E-state index contributed by atoms with van der Waals surface area (Å²) >= 11 is 5.65. The van der Waals surface area contributed by atoms with Gasteiger partial charge in [0.15, 0.2) is 5.75 Å². The Morgan fingerprint density at radius 1 is 1.62 bits per heavy atom. The summed E-state index contributed by atoms with van der Waals surface area (Å²) < 4.78 is 9.79. The standard InChI is InChI=1S/C10H8ClNO4/c1-2-15-10(14)8-7(13)5-3-4-6(11)12-9(5)16-8/h3-4,13H,2H2,1H3. The molecule has 0 bridgehead atoms. The van der Waals surface area contributed by atoms with Crippen molar-refractivity contribution in [3.8, 4) is 5.75 Å². The summed E-state index contributed by atoms with van der Waals surface area (Å²) in [4.78, 5) is 15.2. The van der Waals surface area contributed by atoms with E-state index in [9.17, 15) is 9.90 Å². The van der Waals surface area contributed by atoms with E-state index in [1.165, 1.54) is 12.1 Å². The molecular formula is C10H8ClNO4. The normalized spacial score (nSPS) is 10.6. The smallest absolute Gasteiger partial charge is 0.378 e. The van der Waals surface area contributed by atoms with Crippen LogP contribution >= 0.6 is 11.6 Å². The highest BCUT2D eigenvalue weighted by atomic mass is 35.5. The number of furan rings is 1. The maximum absolute atomic E-state index is 11.4. The van der Waals surface area contributed by atoms with E-state index in [1.54, 1.807) is 6.92 Å². The molecule has 2 aromatic heterocycles. The molecule has 2 aromatic rings. The van der Waals surface area contributed by atoms with Crippen molar-refractivity contribution in [2.75, 3.05) is 6.61 Å². The number of fused-ring (bicyclic) bond motifs is 1. The molecule has 0 atom stereocenters. The van der Waals surface area contributed by atoms with Gasteiger partial charge in [-0.25, -0.2) is 9.78 Å². The number of carbonyl (C=O) groups excluding carboxylic acids is 1. The topological polar surface area (TPSA) is 72.6 Å². The van der Waals surface area contributed by atoms with Crippen LogP contribution in [0.5, 0.6) is 5.75 Å². The first-order chi connectivity index (χ1) is 7.63. The van der Waals surface area contributed by atoms with Gasteiger partial charge in [-0.05, 0) is 19.1 Å². The van der Waals surface area contributed by atoms with E-state index in [4.69, 9.17) is 20.8 Å². The Balaban J connectivity index is 2.55. The van der Waals surface area contributed by atoms with Crippen molar-refractivity contribution < 1.29 is 19.1 Å². The molecule has 0 fully saturated rings. The van der Waals surface area contributed by atoms with Crippen molar-refractivity contribution in [3.05, 3.63) is 23.0 Å². The Morgan fingerprint density at radius 3 is 3.06 bits per heavy atom. The molecule has 0 aliphatic heterocycles. The van der Waals surface area contributed by atoms with Crippen LogP contribution in [0.2, 0.25) is 5.15 Å². The number of halogens is 1. The summed E-state index contributed by atoms with van der Waals surface area (Å²) in [5.41, 5.74) is 0.105. The van der Waals surface area contributed by atoms with Gasteiger partial charge in [-0.15, -0.1) is 0 Å². The Bertz CT molecular complexity index is 549. The lowest BCUT2D eigenvalue weighted by Crippen LogP contribution is -2.02. The van der Waals surface area contributed by atoms with Gasteiger partial charge >= 0.3 is 5.97 Å². The second-order valence-electron chi connectivity index (χ2n) is 2.99. The number of aromatic hydroxyl groups is 1. The molecule has 0 aromatic carbocycles. The molecule has 0 saturated heterocycles. The van der Waals surface area contributed by atoms with Crippen LogP contribution in [0.25, 0.3) is 11.1 Å². The number of rotatable bonds is 2. The Labute approximate surface area is 95.6 Å². The van der Waals surface area contributed by atoms with Crippen LogP contribution in [-0.4, -0.2) is 22.7 Å². The molecule has 0 unspecified atom stereocenters. The molecule has 0 amide bonds. The fourth-order valence-electron chi connectivity index (χ4n) is 1.28. The van der Waals surface area contributed by atoms with Crippen molar-refractivity contribution in [3.63, 3.8) is 0 Å². The van der Waals surface area contributed by atoms with Gasteiger partial charge in [0, 0.05) is 0 Å². The Hall–Kier alpha value is -1.75. The van der Waals surface area contributed by atoms with Gasteiger partial charge in [-0.2, -0.15) is 0 Å². The third kappa shape index (κ3) is 1.69. The van der Waals surface area contributed by atoms with E-state index in [-0.39, 0.29) is 29.0 Å². The van der Waals surface area contributed by atoms with Crippen molar-refractivity contribution in [2.45, 2.75) is 6.92 Å². The summed E-state index contributed by atoms with van der Waals surface area (Å²) in [5.74, 6) is -1.27. The molecule has 0 spiro atoms. The number of nitrogens with zero attached hydrogens (tertiary/aromatic N) is 1. The van der Waals surface area contributed by atoms with Crippen LogP contribution < -0.4 is 0 Å². The van der Waals surface area contributed by atoms with Gasteiger partial charge in [0.05, 0.1) is 12.0 Å². The zero-order valence-electron chi connectivity index (χ0n) is 8.36. The molecule has 6 heteroatoms. The number of esters is 1. The lowest BCUT2D eigenvalue weighted by molar-refractivity contribution is 0.0488. The third-order valence-electron chi connectivity index (χ3n) is 1.96. The van der Waals surface area contributed by atoms with Gasteiger partial charge in [0.2, 0.25) is 5.71 Å². The van der Waals surface area contributed by atoms with Gasteiger partial charge in [0.25, 0.3) is 5.76 Å². The second kappa shape index (κ2) is 4.02. The van der Waals surface area contributed by atoms with Crippen molar-refractivity contribution in [1.82, 2.24) is 4.98 Å². The highest BCUT2D eigenvalue weighted by Gasteiger charge is 2.22. The fraction of sp³-hybridized carbons (Fsp3) is 0.200. The Kier molecular flexibility index (Phi) is 2.70. The monoisotopic (exact) mass is 241 g/mol. The van der Waals surface area contributed by atoms with E-state index >= 15 is 0 Å². The number of pyridine rings is 1. The molecule has 16 heavy (non-hydrogen) atoms. The third-order valence-corrected chi connectivity index (χ3v) is 2.17. The minimum Gasteiger partial charge on any atom is -0.503 e. The second-order valence-corrected chi connectivity index (χ2v) is 3.37. The van der Waals surface area contributed by atoms with Crippen LogP contribution in [0.4, 0.5) is 0 Å². The SMILES string of the molecule is CCOC(=O)c1oc2nc(Cl)ccc2c1O. The van der Waals surface area contributed by atoms with Gasteiger partial charge in [0.1, 0.15) is 5.15 Å². The number of ether oxygens (including phenoxy) is 1. The van der Waals surface area contributed by atoms with Crippen molar-refractivity contribution in [2.24, 2.45) is 0 Å². The Morgan fingerprint density at radius 2 is 2.38 bits per heavy atom. The largest absolute Gasteiger partial charge is 0.503 e. The average molecular weight is 242 g/mol. The molecule has 5 nitrogen and oxygen atoms in total. The number of hydrogen-bond acceptors (Lipinski definition) is 5. The molecule has 1 N–H and O–H groups in total. The van der Waals surface area contributed by atoms with Crippen molar-refractivity contribution in [1.29, 1.82) is 0 Å². The highest BCUT2D eigenvalue weighted by molar-refractivity contribution is 6.29. The van der Waals surface area contributed by atoms with E-state index in [2.05, 4.69) is 4.98 Å². The van der Waals surface area contributed by atoms with E-state index in [0.717, 1.165) is 0 Å². The molecular weight excluding hydrogens is 234 g/mol. The minimum atomic E-state index is -0.728. The van der Waals surface area contributed by atoms with Crippen LogP contribution in [0.15, 0.2) is 16.5 Å². The highest BCUT2D eigenvalue weighted by Crippen LogP contribution is 2.32. The molecule has 2 rings (SSSR count). The summed E-state index contributed by atoms with van der Waals surface area (Å²) in [6.07, 6.45) is 0. The summed E-state index contributed by atoms with van der Waals surface area (Å²) in [7, 11) is 0. The first kappa shape index (κ1) is 10.8. The van der Waals surface area contributed by atoms with E-state index in [0.29, 0.717) is 5.39 Å². The summed E-state index contributed by atoms with van der Waals surface area (Å²) in [6.45, 7) is 1.86. The molecule has 0 radical (unpaired) electrons. The maximum Gasteiger partial charge on any atom is 0.378 e. The number of carbonyl (C=O) groups is 1. The van der Waals surface area contributed by atoms with Gasteiger partial charge in [-0.3, -0.25) is 0 Å². The van der Waals surface area contributed by atoms with Gasteiger partial charge in [-0.1, -0.05) is 11.6 Å². The summed E-state index contributed by atoms with van der Waals surface area (Å²) in [6, 6.07) is 3.01. The van der Waals surface area contributed by atoms with Crippen LogP contribution in [0, 0.1) is 0 Å². The predicted octanol–water partition coefficient (Wildman–Crippen LogP) is 2.36. The number of aromatic nitrogens is 1. The molecule has 84 valence electrons. The molecule has 2 heterocycles.